The Morgan fingerprint density at radius 3 is 2.66 bits per heavy atom. The Morgan fingerprint density at radius 2 is 2.03 bits per heavy atom. The molecule has 29 heavy (non-hydrogen) atoms. The molecule has 0 saturated carbocycles. The lowest BCUT2D eigenvalue weighted by atomic mass is 9.70. The van der Waals surface area contributed by atoms with Crippen LogP contribution in [0.3, 0.4) is 0 Å². The van der Waals surface area contributed by atoms with Gasteiger partial charge in [0, 0.05) is 0 Å². The maximum Gasteiger partial charge on any atom is 0.430 e. The number of nitrogens with zero attached hydrogens (tertiary/aromatic N) is 1. The Bertz CT molecular complexity index is 842. The highest BCUT2D eigenvalue weighted by Crippen LogP contribution is 2.38. The minimum Gasteiger partial charge on any atom is -0.669 e. The maximum atomic E-state index is 12.1. The molecule has 1 fully saturated rings. The summed E-state index contributed by atoms with van der Waals surface area (Å²) in [6.07, 6.45) is -1.52. The summed E-state index contributed by atoms with van der Waals surface area (Å²) < 4.78 is 10.8. The highest BCUT2D eigenvalue weighted by atomic mass is 16.6. The molecule has 0 spiro atoms. The van der Waals surface area contributed by atoms with Crippen LogP contribution in [-0.4, -0.2) is 76.5 Å². The van der Waals surface area contributed by atoms with Crippen molar-refractivity contribution in [1.29, 1.82) is 0 Å². The molecule has 0 aromatic heterocycles. The second kappa shape index (κ2) is 7.87. The minimum atomic E-state index is -3.13. The van der Waals surface area contributed by atoms with E-state index in [0.29, 0.717) is 5.56 Å². The number of rotatable bonds is 6. The highest BCUT2D eigenvalue weighted by molar-refractivity contribution is 6.59. The lowest BCUT2D eigenvalue weighted by Crippen LogP contribution is -2.63. The van der Waals surface area contributed by atoms with Crippen LogP contribution in [-0.2, 0) is 16.0 Å². The van der Waals surface area contributed by atoms with E-state index in [1.165, 1.54) is 11.0 Å². The van der Waals surface area contributed by atoms with Crippen molar-refractivity contribution in [3.8, 4) is 11.5 Å². The largest absolute Gasteiger partial charge is 0.669 e. The third kappa shape index (κ3) is 4.43. The lowest BCUT2D eigenvalue weighted by molar-refractivity contribution is -0.143. The number of nitrogens with one attached hydrogen (secondary N) is 1. The Morgan fingerprint density at radius 1 is 1.34 bits per heavy atom. The zero-order valence-corrected chi connectivity index (χ0v) is 15.4. The molecule has 1 aromatic rings. The number of hydrogen-bond donors (Lipinski definition) is 6. The number of benzene rings is 1. The van der Waals surface area contributed by atoms with E-state index >= 15 is 0 Å². The number of hydrogen-bond acceptors (Lipinski definition) is 9. The summed E-state index contributed by atoms with van der Waals surface area (Å²) in [6.45, 7) is -3.16. The first-order valence-corrected chi connectivity index (χ1v) is 9.00. The van der Waals surface area contributed by atoms with Gasteiger partial charge in [-0.1, -0.05) is 12.4 Å². The number of nitrogens with two attached hydrogens (primary N) is 2. The van der Waals surface area contributed by atoms with Crippen LogP contribution < -0.4 is 26.2 Å². The number of carboxylic acid groups (broad SMARTS) is 1. The van der Waals surface area contributed by atoms with Crippen molar-refractivity contribution >= 4 is 24.5 Å². The van der Waals surface area contributed by atoms with Crippen molar-refractivity contribution in [2.75, 3.05) is 19.6 Å². The average molecular weight is 409 g/mol. The van der Waals surface area contributed by atoms with Crippen molar-refractivity contribution in [2.45, 2.75) is 25.0 Å². The topological polar surface area (TPSA) is 198 Å². The van der Waals surface area contributed by atoms with Crippen LogP contribution in [0.2, 0.25) is 6.32 Å². The van der Waals surface area contributed by atoms with E-state index in [1.807, 2.05) is 0 Å². The molecule has 0 bridgehead atoms. The fourth-order valence-corrected chi connectivity index (χ4v) is 3.19. The first-order chi connectivity index (χ1) is 13.6. The molecule has 0 radical (unpaired) electrons. The van der Waals surface area contributed by atoms with Crippen LogP contribution in [0.4, 0.5) is 0 Å². The maximum absolute atomic E-state index is 12.1. The number of likely N-dealkylation sites (tertiary alicyclic amines) is 1. The van der Waals surface area contributed by atoms with Crippen molar-refractivity contribution in [3.63, 3.8) is 0 Å². The smallest absolute Gasteiger partial charge is 0.430 e. The first-order valence-electron chi connectivity index (χ1n) is 9.00. The van der Waals surface area contributed by atoms with Crippen molar-refractivity contribution in [3.05, 3.63) is 23.3 Å². The molecule has 12 nitrogen and oxygen atoms in total. The van der Waals surface area contributed by atoms with Crippen LogP contribution in [0, 0.1) is 0 Å². The molecule has 2 heterocycles. The fraction of sp³-hybridized carbons (Fsp3) is 0.438. The number of fused-ring (bicyclic) bond motifs is 1. The molecular weight excluding hydrogens is 387 g/mol. The summed E-state index contributed by atoms with van der Waals surface area (Å²) in [5.74, 6) is -2.58. The monoisotopic (exact) mass is 409 g/mol. The Hall–Kier alpha value is -2.87. The van der Waals surface area contributed by atoms with E-state index in [2.05, 4.69) is 5.32 Å². The zero-order valence-electron chi connectivity index (χ0n) is 15.4. The average Bonchev–Trinajstić information content (AvgIpc) is 2.61. The number of carbonyl (C=O) groups excluding carboxylic acids is 2. The van der Waals surface area contributed by atoms with Crippen molar-refractivity contribution in [2.24, 2.45) is 11.5 Å². The number of carbonyl (C=O) groups is 3. The molecule has 2 aliphatic heterocycles. The molecule has 158 valence electrons. The van der Waals surface area contributed by atoms with Crippen LogP contribution in [0.25, 0.3) is 0 Å². The molecule has 1 aromatic carbocycles. The molecular formula is C16H22BN4O8-. The zero-order chi connectivity index (χ0) is 21.3. The van der Waals surface area contributed by atoms with Gasteiger partial charge in [0.15, 0.2) is 6.17 Å². The van der Waals surface area contributed by atoms with Gasteiger partial charge in [-0.2, -0.15) is 0 Å². The summed E-state index contributed by atoms with van der Waals surface area (Å²) >= 11 is 0. The summed E-state index contributed by atoms with van der Waals surface area (Å²) in [5.41, 5.74) is 11.0. The van der Waals surface area contributed by atoms with Crippen molar-refractivity contribution in [1.82, 2.24) is 10.2 Å². The van der Waals surface area contributed by atoms with E-state index in [4.69, 9.17) is 20.9 Å². The van der Waals surface area contributed by atoms with Gasteiger partial charge in [0.2, 0.25) is 5.91 Å². The predicted molar refractivity (Wildman–Crippen MR) is 98.9 cm³/mol. The molecule has 0 aliphatic carbocycles. The molecule has 1 atom stereocenters. The summed E-state index contributed by atoms with van der Waals surface area (Å²) in [6, 6.07) is 3.07. The first kappa shape index (κ1) is 20.9. The second-order valence-corrected chi connectivity index (χ2v) is 6.98. The SMILES string of the molecule is NCC(=O)N[C@H](N)C(=O)N1CC(Oc2ccc3c(c2C(=O)O)O[B-](O)(O)CC3)C1. The Balaban J connectivity index is 1.67. The van der Waals surface area contributed by atoms with E-state index in [1.54, 1.807) is 6.07 Å². The van der Waals surface area contributed by atoms with Gasteiger partial charge in [0.05, 0.1) is 25.4 Å². The van der Waals surface area contributed by atoms with Gasteiger partial charge in [-0.3, -0.25) is 9.59 Å². The highest BCUT2D eigenvalue weighted by Gasteiger charge is 2.37. The number of amides is 2. The third-order valence-electron chi connectivity index (χ3n) is 4.73. The van der Waals surface area contributed by atoms with Gasteiger partial charge in [0.25, 0.3) is 5.91 Å². The molecule has 3 rings (SSSR count). The number of aryl methyl sites for hydroxylation is 1. The lowest BCUT2D eigenvalue weighted by Gasteiger charge is -2.41. The molecule has 1 saturated heterocycles. The van der Waals surface area contributed by atoms with Gasteiger partial charge < -0.3 is 46.2 Å². The minimum absolute atomic E-state index is 0.0115. The predicted octanol–water partition coefficient (Wildman–Crippen LogP) is -2.81. The third-order valence-corrected chi connectivity index (χ3v) is 4.73. The Kier molecular flexibility index (Phi) is 5.66. The molecule has 13 heteroatoms. The van der Waals surface area contributed by atoms with Crippen LogP contribution in [0.15, 0.2) is 12.1 Å². The standard InChI is InChI=1S/C16H22BN4O8/c18-5-11(22)20-14(19)15(23)21-6-9(7-21)28-10-2-1-8-3-4-17(26,27)29-13(8)12(10)16(24)25/h1-2,9,14,26-27H,3-7,18-19H2,(H,20,22)(H,24,25)/q-1/t14-/m0/s1. The van der Waals surface area contributed by atoms with E-state index in [9.17, 15) is 29.5 Å². The molecule has 0 unspecified atom stereocenters. The summed E-state index contributed by atoms with van der Waals surface area (Å²) in [5, 5.41) is 31.3. The van der Waals surface area contributed by atoms with Gasteiger partial charge in [-0.25, -0.2) is 4.79 Å². The van der Waals surface area contributed by atoms with E-state index < -0.39 is 36.8 Å². The van der Waals surface area contributed by atoms with Gasteiger partial charge >= 0.3 is 12.7 Å². The van der Waals surface area contributed by atoms with Gasteiger partial charge in [0.1, 0.15) is 17.4 Å². The van der Waals surface area contributed by atoms with Crippen LogP contribution in [0.5, 0.6) is 11.5 Å². The van der Waals surface area contributed by atoms with Crippen LogP contribution >= 0.6 is 0 Å². The number of carboxylic acids is 1. The number of aromatic carboxylic acids is 1. The summed E-state index contributed by atoms with van der Waals surface area (Å²) in [4.78, 5) is 36.4. The molecule has 8 N–H and O–H groups in total. The van der Waals surface area contributed by atoms with E-state index in [-0.39, 0.29) is 49.4 Å². The Labute approximate surface area is 165 Å². The van der Waals surface area contributed by atoms with Crippen LogP contribution in [0.1, 0.15) is 15.9 Å². The van der Waals surface area contributed by atoms with Gasteiger partial charge in [-0.05, 0) is 18.1 Å². The van der Waals surface area contributed by atoms with Crippen molar-refractivity contribution < 1.29 is 38.9 Å². The quantitative estimate of drug-likeness (QED) is 0.211. The van der Waals surface area contributed by atoms with E-state index in [0.717, 1.165) is 0 Å². The molecule has 2 amide bonds. The fourth-order valence-electron chi connectivity index (χ4n) is 3.19. The second-order valence-electron chi connectivity index (χ2n) is 6.98. The molecule has 2 aliphatic rings. The summed E-state index contributed by atoms with van der Waals surface area (Å²) in [7, 11) is 0. The van der Waals surface area contributed by atoms with Gasteiger partial charge in [-0.15, -0.1) is 0 Å². The normalized spacial score (nSPS) is 18.7. The number of ether oxygens (including phenoxy) is 1.